The quantitative estimate of drug-likeness (QED) is 0.687. The summed E-state index contributed by atoms with van der Waals surface area (Å²) in [5.41, 5.74) is 5.49. The fraction of sp³-hybridized carbons (Fsp3) is 0.917. The van der Waals surface area contributed by atoms with Crippen molar-refractivity contribution < 1.29 is 9.53 Å². The van der Waals surface area contributed by atoms with Gasteiger partial charge in [0.2, 0.25) is 5.91 Å². The van der Waals surface area contributed by atoms with E-state index in [-0.39, 0.29) is 17.9 Å². The van der Waals surface area contributed by atoms with Gasteiger partial charge >= 0.3 is 0 Å². The fourth-order valence-corrected chi connectivity index (χ4v) is 2.83. The lowest BCUT2D eigenvalue weighted by Gasteiger charge is -2.39. The molecule has 0 radical (unpaired) electrons. The maximum absolute atomic E-state index is 11.5. The van der Waals surface area contributed by atoms with Crippen molar-refractivity contribution in [3.8, 4) is 0 Å². The molecule has 0 spiro atoms. The number of amides is 1. The number of nitrogens with one attached hydrogen (secondary N) is 1. The Morgan fingerprint density at radius 3 is 2.75 bits per heavy atom. The first-order valence-electron chi connectivity index (χ1n) is 6.10. The van der Waals surface area contributed by atoms with E-state index in [0.29, 0.717) is 12.0 Å². The predicted octanol–water partition coefficient (Wildman–Crippen LogP) is 0.901. The van der Waals surface area contributed by atoms with Crippen LogP contribution in [0.15, 0.2) is 0 Å². The van der Waals surface area contributed by atoms with Gasteiger partial charge in [-0.05, 0) is 32.1 Å². The van der Waals surface area contributed by atoms with Crippen LogP contribution < -0.4 is 11.1 Å². The van der Waals surface area contributed by atoms with E-state index in [0.717, 1.165) is 25.9 Å². The zero-order chi connectivity index (χ0) is 12.1. The lowest BCUT2D eigenvalue weighted by molar-refractivity contribution is -0.125. The number of primary amides is 1. The van der Waals surface area contributed by atoms with E-state index < -0.39 is 0 Å². The van der Waals surface area contributed by atoms with Gasteiger partial charge < -0.3 is 15.8 Å². The molecule has 0 saturated carbocycles. The average Bonchev–Trinajstić information content (AvgIpc) is 2.16. The molecule has 1 aliphatic heterocycles. The summed E-state index contributed by atoms with van der Waals surface area (Å²) >= 11 is 0. The van der Waals surface area contributed by atoms with Crippen molar-refractivity contribution in [1.29, 1.82) is 0 Å². The molecule has 94 valence electrons. The van der Waals surface area contributed by atoms with Crippen molar-refractivity contribution in [3.63, 3.8) is 0 Å². The maximum Gasteiger partial charge on any atom is 0.222 e. The summed E-state index contributed by atoms with van der Waals surface area (Å²) in [5.74, 6) is 0.170. The molecule has 1 aliphatic rings. The summed E-state index contributed by atoms with van der Waals surface area (Å²) in [6, 6.07) is 0.685. The van der Waals surface area contributed by atoms with Crippen molar-refractivity contribution in [2.75, 3.05) is 13.7 Å². The first-order valence-corrected chi connectivity index (χ1v) is 6.10. The molecular formula is C12H24N2O2. The molecule has 1 amide bonds. The molecular weight excluding hydrogens is 204 g/mol. The van der Waals surface area contributed by atoms with Crippen molar-refractivity contribution in [3.05, 3.63) is 0 Å². The number of carbonyl (C=O) groups is 1. The lowest BCUT2D eigenvalue weighted by Crippen LogP contribution is -2.54. The molecule has 4 atom stereocenters. The summed E-state index contributed by atoms with van der Waals surface area (Å²) in [5, 5.41) is 3.48. The topological polar surface area (TPSA) is 64.3 Å². The van der Waals surface area contributed by atoms with E-state index in [2.05, 4.69) is 19.2 Å². The normalized spacial score (nSPS) is 34.9. The van der Waals surface area contributed by atoms with E-state index in [1.54, 1.807) is 7.11 Å². The van der Waals surface area contributed by atoms with Gasteiger partial charge in [0, 0.05) is 25.8 Å². The second kappa shape index (κ2) is 6.21. The highest BCUT2D eigenvalue weighted by Gasteiger charge is 2.36. The van der Waals surface area contributed by atoms with Crippen LogP contribution in [-0.4, -0.2) is 31.7 Å². The molecule has 4 heteroatoms. The third kappa shape index (κ3) is 3.46. The Kier molecular flexibility index (Phi) is 5.22. The smallest absolute Gasteiger partial charge is 0.222 e. The molecule has 1 heterocycles. The highest BCUT2D eigenvalue weighted by atomic mass is 16.5. The minimum Gasteiger partial charge on any atom is -0.385 e. The monoisotopic (exact) mass is 228 g/mol. The summed E-state index contributed by atoms with van der Waals surface area (Å²) in [6.07, 6.45) is 2.95. The highest BCUT2D eigenvalue weighted by molar-refractivity contribution is 5.77. The molecule has 0 aromatic carbocycles. The number of ether oxygens (including phenoxy) is 1. The average molecular weight is 228 g/mol. The van der Waals surface area contributed by atoms with Crippen molar-refractivity contribution in [2.24, 2.45) is 17.6 Å². The highest BCUT2D eigenvalue weighted by Crippen LogP contribution is 2.28. The minimum atomic E-state index is -0.172. The Morgan fingerprint density at radius 1 is 1.50 bits per heavy atom. The van der Waals surface area contributed by atoms with Crippen molar-refractivity contribution in [1.82, 2.24) is 5.32 Å². The van der Waals surface area contributed by atoms with Gasteiger partial charge in [-0.15, -0.1) is 0 Å². The Morgan fingerprint density at radius 2 is 2.19 bits per heavy atom. The first-order chi connectivity index (χ1) is 7.56. The molecule has 0 bridgehead atoms. The SMILES string of the molecule is COCCCC1NC(C)CC(C)C1C(N)=O. The molecule has 4 nitrogen and oxygen atoms in total. The largest absolute Gasteiger partial charge is 0.385 e. The first kappa shape index (κ1) is 13.5. The van der Waals surface area contributed by atoms with Crippen LogP contribution in [0.5, 0.6) is 0 Å². The number of carbonyl (C=O) groups excluding carboxylic acids is 1. The molecule has 1 saturated heterocycles. The zero-order valence-electron chi connectivity index (χ0n) is 10.5. The van der Waals surface area contributed by atoms with Gasteiger partial charge in [-0.3, -0.25) is 4.79 Å². The number of hydrogen-bond acceptors (Lipinski definition) is 3. The number of methoxy groups -OCH3 is 1. The Hall–Kier alpha value is -0.610. The molecule has 0 aliphatic carbocycles. The van der Waals surface area contributed by atoms with E-state index in [1.807, 2.05) is 0 Å². The number of piperidine rings is 1. The molecule has 0 aromatic heterocycles. The standard InChI is InChI=1S/C12H24N2O2/c1-8-7-9(2)14-10(5-4-6-16-3)11(8)12(13)15/h8-11,14H,4-7H2,1-3H3,(H2,13,15). The second-order valence-corrected chi connectivity index (χ2v) is 4.95. The minimum absolute atomic E-state index is 0.0342. The van der Waals surface area contributed by atoms with Crippen LogP contribution in [0.3, 0.4) is 0 Å². The molecule has 3 N–H and O–H groups in total. The van der Waals surface area contributed by atoms with Crippen LogP contribution >= 0.6 is 0 Å². The summed E-state index contributed by atoms with van der Waals surface area (Å²) in [6.45, 7) is 5.03. The van der Waals surface area contributed by atoms with E-state index in [4.69, 9.17) is 10.5 Å². The van der Waals surface area contributed by atoms with Crippen LogP contribution in [0, 0.1) is 11.8 Å². The van der Waals surface area contributed by atoms with Crippen LogP contribution in [0.2, 0.25) is 0 Å². The summed E-state index contributed by atoms with van der Waals surface area (Å²) < 4.78 is 5.04. The number of rotatable bonds is 5. The van der Waals surface area contributed by atoms with Crippen LogP contribution in [-0.2, 0) is 9.53 Å². The van der Waals surface area contributed by atoms with Crippen molar-refractivity contribution >= 4 is 5.91 Å². The van der Waals surface area contributed by atoms with Gasteiger partial charge in [0.05, 0.1) is 5.92 Å². The summed E-state index contributed by atoms with van der Waals surface area (Å²) in [7, 11) is 1.70. The molecule has 1 rings (SSSR count). The lowest BCUT2D eigenvalue weighted by atomic mass is 9.77. The van der Waals surface area contributed by atoms with E-state index >= 15 is 0 Å². The third-order valence-corrected chi connectivity index (χ3v) is 3.46. The molecule has 16 heavy (non-hydrogen) atoms. The van der Waals surface area contributed by atoms with Crippen LogP contribution in [0.1, 0.15) is 33.1 Å². The van der Waals surface area contributed by atoms with Crippen LogP contribution in [0.4, 0.5) is 0 Å². The molecule has 1 fully saturated rings. The number of nitrogens with two attached hydrogens (primary N) is 1. The summed E-state index contributed by atoms with van der Waals surface area (Å²) in [4.78, 5) is 11.5. The van der Waals surface area contributed by atoms with E-state index in [9.17, 15) is 4.79 Å². The Labute approximate surface area is 97.9 Å². The fourth-order valence-electron chi connectivity index (χ4n) is 2.83. The van der Waals surface area contributed by atoms with Crippen LogP contribution in [0.25, 0.3) is 0 Å². The second-order valence-electron chi connectivity index (χ2n) is 4.95. The third-order valence-electron chi connectivity index (χ3n) is 3.46. The van der Waals surface area contributed by atoms with Gasteiger partial charge in [-0.1, -0.05) is 6.92 Å². The van der Waals surface area contributed by atoms with E-state index in [1.165, 1.54) is 0 Å². The van der Waals surface area contributed by atoms with Gasteiger partial charge in [0.25, 0.3) is 0 Å². The molecule has 0 aromatic rings. The number of hydrogen-bond donors (Lipinski definition) is 2. The van der Waals surface area contributed by atoms with Gasteiger partial charge in [-0.25, -0.2) is 0 Å². The molecule has 4 unspecified atom stereocenters. The Bertz CT molecular complexity index is 233. The Balaban J connectivity index is 2.56. The van der Waals surface area contributed by atoms with Gasteiger partial charge in [0.1, 0.15) is 0 Å². The predicted molar refractivity (Wildman–Crippen MR) is 64.0 cm³/mol. The van der Waals surface area contributed by atoms with Gasteiger partial charge in [-0.2, -0.15) is 0 Å². The van der Waals surface area contributed by atoms with Gasteiger partial charge in [0.15, 0.2) is 0 Å². The maximum atomic E-state index is 11.5. The zero-order valence-corrected chi connectivity index (χ0v) is 10.5. The van der Waals surface area contributed by atoms with Crippen molar-refractivity contribution in [2.45, 2.75) is 45.2 Å².